The van der Waals surface area contributed by atoms with Crippen molar-refractivity contribution in [2.24, 2.45) is 5.92 Å². The van der Waals surface area contributed by atoms with Crippen LogP contribution < -0.4 is 5.73 Å². The van der Waals surface area contributed by atoms with Gasteiger partial charge in [-0.15, -0.1) is 0 Å². The average Bonchev–Trinajstić information content (AvgIpc) is 2.79. The molecule has 0 saturated carbocycles. The van der Waals surface area contributed by atoms with E-state index in [1.165, 1.54) is 0 Å². The lowest BCUT2D eigenvalue weighted by Gasteiger charge is -2.20. The minimum absolute atomic E-state index is 0.708. The molecule has 1 aromatic heterocycles. The fourth-order valence-corrected chi connectivity index (χ4v) is 3.11. The highest BCUT2D eigenvalue weighted by Gasteiger charge is 2.15. The third-order valence-corrected chi connectivity index (χ3v) is 4.24. The summed E-state index contributed by atoms with van der Waals surface area (Å²) >= 11 is 1.68. The van der Waals surface area contributed by atoms with Crippen LogP contribution in [-0.4, -0.2) is 24.0 Å². The first kappa shape index (κ1) is 11.9. The van der Waals surface area contributed by atoms with E-state index in [4.69, 9.17) is 14.9 Å². The molecule has 4 nitrogen and oxygen atoms in total. The number of benzene rings is 1. The summed E-state index contributed by atoms with van der Waals surface area (Å²) in [6, 6.07) is 5.56. The summed E-state index contributed by atoms with van der Waals surface area (Å²) in [5.41, 5.74) is 8.07. The van der Waals surface area contributed by atoms with Gasteiger partial charge in [0.2, 0.25) is 0 Å². The largest absolute Gasteiger partial charge is 0.431 e. The number of hydrogen-bond donors (Lipinski definition) is 1. The Labute approximate surface area is 110 Å². The van der Waals surface area contributed by atoms with Crippen LogP contribution in [0.2, 0.25) is 0 Å². The standard InChI is InChI=1S/C13H16N2O2S/c14-10-1-2-11-12(7-10)17-13(15-11)18-8-9-3-5-16-6-4-9/h1-2,7,9H,3-6,8,14H2. The topological polar surface area (TPSA) is 61.3 Å². The molecular formula is C13H16N2O2S. The van der Waals surface area contributed by atoms with E-state index in [0.717, 1.165) is 48.1 Å². The van der Waals surface area contributed by atoms with Crippen LogP contribution in [0.4, 0.5) is 5.69 Å². The van der Waals surface area contributed by atoms with Crippen molar-refractivity contribution < 1.29 is 9.15 Å². The second-order valence-electron chi connectivity index (χ2n) is 4.57. The monoisotopic (exact) mass is 264 g/mol. The SMILES string of the molecule is Nc1ccc2nc(SCC3CCOCC3)oc2c1. The van der Waals surface area contributed by atoms with E-state index in [1.54, 1.807) is 11.8 Å². The van der Waals surface area contributed by atoms with Crippen molar-refractivity contribution in [3.05, 3.63) is 18.2 Å². The van der Waals surface area contributed by atoms with E-state index < -0.39 is 0 Å². The zero-order chi connectivity index (χ0) is 12.4. The van der Waals surface area contributed by atoms with Crippen molar-refractivity contribution in [3.8, 4) is 0 Å². The summed E-state index contributed by atoms with van der Waals surface area (Å²) in [6.45, 7) is 1.77. The summed E-state index contributed by atoms with van der Waals surface area (Å²) in [4.78, 5) is 4.45. The number of nitrogens with two attached hydrogens (primary N) is 1. The van der Waals surface area contributed by atoms with E-state index in [-0.39, 0.29) is 0 Å². The van der Waals surface area contributed by atoms with Gasteiger partial charge in [0.25, 0.3) is 5.22 Å². The lowest BCUT2D eigenvalue weighted by molar-refractivity contribution is 0.0727. The van der Waals surface area contributed by atoms with Crippen molar-refractivity contribution in [2.45, 2.75) is 18.1 Å². The molecular weight excluding hydrogens is 248 g/mol. The van der Waals surface area contributed by atoms with Crippen LogP contribution in [0.3, 0.4) is 0 Å². The van der Waals surface area contributed by atoms with Gasteiger partial charge < -0.3 is 14.9 Å². The molecule has 0 bridgehead atoms. The van der Waals surface area contributed by atoms with E-state index >= 15 is 0 Å². The van der Waals surface area contributed by atoms with Gasteiger partial charge in [-0.3, -0.25) is 0 Å². The smallest absolute Gasteiger partial charge is 0.256 e. The van der Waals surface area contributed by atoms with Crippen LogP contribution in [0.15, 0.2) is 27.8 Å². The van der Waals surface area contributed by atoms with Crippen molar-refractivity contribution in [2.75, 3.05) is 24.7 Å². The van der Waals surface area contributed by atoms with Gasteiger partial charge in [-0.2, -0.15) is 0 Å². The Kier molecular flexibility index (Phi) is 3.43. The first-order valence-electron chi connectivity index (χ1n) is 6.18. The predicted octanol–water partition coefficient (Wildman–Crippen LogP) is 2.93. The van der Waals surface area contributed by atoms with E-state index in [9.17, 15) is 0 Å². The molecule has 0 radical (unpaired) electrons. The molecule has 0 atom stereocenters. The number of thioether (sulfide) groups is 1. The summed E-state index contributed by atoms with van der Waals surface area (Å²) in [7, 11) is 0. The summed E-state index contributed by atoms with van der Waals surface area (Å²) in [5.74, 6) is 1.76. The fraction of sp³-hybridized carbons (Fsp3) is 0.462. The molecule has 1 fully saturated rings. The molecule has 5 heteroatoms. The van der Waals surface area contributed by atoms with E-state index in [2.05, 4.69) is 4.98 Å². The zero-order valence-corrected chi connectivity index (χ0v) is 10.9. The molecule has 2 aromatic rings. The van der Waals surface area contributed by atoms with Gasteiger partial charge in [0.05, 0.1) is 0 Å². The highest BCUT2D eigenvalue weighted by molar-refractivity contribution is 7.99. The van der Waals surface area contributed by atoms with Crippen molar-refractivity contribution in [1.29, 1.82) is 0 Å². The molecule has 0 aliphatic carbocycles. The van der Waals surface area contributed by atoms with Crippen LogP contribution in [-0.2, 0) is 4.74 Å². The molecule has 1 aliphatic heterocycles. The summed E-state index contributed by atoms with van der Waals surface area (Å²) in [6.07, 6.45) is 2.28. The second-order valence-corrected chi connectivity index (χ2v) is 5.54. The molecule has 1 aliphatic rings. The molecule has 18 heavy (non-hydrogen) atoms. The number of fused-ring (bicyclic) bond motifs is 1. The Bertz CT molecular complexity index is 535. The Balaban J connectivity index is 1.67. The van der Waals surface area contributed by atoms with Crippen LogP contribution in [0.5, 0.6) is 0 Å². The number of ether oxygens (including phenoxy) is 1. The van der Waals surface area contributed by atoms with Gasteiger partial charge in [-0.05, 0) is 30.9 Å². The summed E-state index contributed by atoms with van der Waals surface area (Å²) in [5, 5.41) is 0.738. The average molecular weight is 264 g/mol. The van der Waals surface area contributed by atoms with Gasteiger partial charge in [0, 0.05) is 30.7 Å². The van der Waals surface area contributed by atoms with Crippen molar-refractivity contribution >= 4 is 28.5 Å². The summed E-state index contributed by atoms with van der Waals surface area (Å²) < 4.78 is 11.0. The highest BCUT2D eigenvalue weighted by Crippen LogP contribution is 2.28. The maximum atomic E-state index is 5.72. The molecule has 2 N–H and O–H groups in total. The van der Waals surface area contributed by atoms with Crippen LogP contribution in [0, 0.1) is 5.92 Å². The molecule has 0 spiro atoms. The molecule has 2 heterocycles. The van der Waals surface area contributed by atoms with Crippen LogP contribution in [0.25, 0.3) is 11.1 Å². The van der Waals surface area contributed by atoms with Crippen LogP contribution >= 0.6 is 11.8 Å². The first-order chi connectivity index (χ1) is 8.81. The van der Waals surface area contributed by atoms with Gasteiger partial charge in [0.15, 0.2) is 5.58 Å². The quantitative estimate of drug-likeness (QED) is 0.682. The fourth-order valence-electron chi connectivity index (χ4n) is 2.08. The van der Waals surface area contributed by atoms with Gasteiger partial charge in [-0.25, -0.2) is 4.98 Å². The number of rotatable bonds is 3. The van der Waals surface area contributed by atoms with Crippen LogP contribution in [0.1, 0.15) is 12.8 Å². The minimum Gasteiger partial charge on any atom is -0.431 e. The molecule has 96 valence electrons. The lowest BCUT2D eigenvalue weighted by Crippen LogP contribution is -2.17. The van der Waals surface area contributed by atoms with E-state index in [0.29, 0.717) is 11.6 Å². The molecule has 3 rings (SSSR count). The Morgan fingerprint density at radius 3 is 3.00 bits per heavy atom. The van der Waals surface area contributed by atoms with Crippen molar-refractivity contribution in [3.63, 3.8) is 0 Å². The number of oxazole rings is 1. The number of aromatic nitrogens is 1. The lowest BCUT2D eigenvalue weighted by atomic mass is 10.0. The number of nitrogens with zero attached hydrogens (tertiary/aromatic N) is 1. The maximum Gasteiger partial charge on any atom is 0.256 e. The molecule has 1 saturated heterocycles. The zero-order valence-electron chi connectivity index (χ0n) is 10.1. The van der Waals surface area contributed by atoms with Gasteiger partial charge in [0.1, 0.15) is 5.52 Å². The highest BCUT2D eigenvalue weighted by atomic mass is 32.2. The number of nitrogen functional groups attached to an aromatic ring is 1. The number of anilines is 1. The van der Waals surface area contributed by atoms with Gasteiger partial charge >= 0.3 is 0 Å². The van der Waals surface area contributed by atoms with E-state index in [1.807, 2.05) is 18.2 Å². The maximum absolute atomic E-state index is 5.72. The first-order valence-corrected chi connectivity index (χ1v) is 7.16. The molecule has 1 aromatic carbocycles. The Morgan fingerprint density at radius 1 is 1.33 bits per heavy atom. The molecule has 0 unspecified atom stereocenters. The Morgan fingerprint density at radius 2 is 2.17 bits per heavy atom. The Hall–Kier alpha value is -1.20. The van der Waals surface area contributed by atoms with Gasteiger partial charge in [-0.1, -0.05) is 11.8 Å². The van der Waals surface area contributed by atoms with Crippen molar-refractivity contribution in [1.82, 2.24) is 4.98 Å². The normalized spacial score (nSPS) is 17.3. The second kappa shape index (κ2) is 5.20. The minimum atomic E-state index is 0.708. The predicted molar refractivity (Wildman–Crippen MR) is 72.7 cm³/mol. The number of hydrogen-bond acceptors (Lipinski definition) is 5. The third kappa shape index (κ3) is 2.62. The third-order valence-electron chi connectivity index (χ3n) is 3.18. The molecule has 0 amide bonds.